The van der Waals surface area contributed by atoms with E-state index in [9.17, 15) is 4.79 Å². The molecular formula is C11H14LiNO4. The molecule has 1 amide bonds. The van der Waals surface area contributed by atoms with E-state index in [2.05, 4.69) is 5.32 Å². The second-order valence-corrected chi connectivity index (χ2v) is 3.37. The Kier molecular flexibility index (Phi) is 5.20. The van der Waals surface area contributed by atoms with Crippen LogP contribution in [0.25, 0.3) is 0 Å². The van der Waals surface area contributed by atoms with E-state index in [1.165, 1.54) is 0 Å². The molecule has 88 valence electrons. The van der Waals surface area contributed by atoms with Gasteiger partial charge in [-0.15, -0.1) is 0 Å². The van der Waals surface area contributed by atoms with Crippen LogP contribution in [0.2, 0.25) is 0 Å². The molecule has 0 aliphatic carbocycles. The fourth-order valence-corrected chi connectivity index (χ4v) is 1.45. The van der Waals surface area contributed by atoms with Crippen molar-refractivity contribution in [2.75, 3.05) is 20.3 Å². The first-order valence-corrected chi connectivity index (χ1v) is 5.00. The summed E-state index contributed by atoms with van der Waals surface area (Å²) in [5.41, 5.74) is 0. The van der Waals surface area contributed by atoms with Crippen molar-refractivity contribution < 1.29 is 39.3 Å². The van der Waals surface area contributed by atoms with E-state index in [0.29, 0.717) is 24.7 Å². The third kappa shape index (κ3) is 3.58. The number of benzene rings is 1. The fourth-order valence-electron chi connectivity index (χ4n) is 1.45. The van der Waals surface area contributed by atoms with E-state index in [1.54, 1.807) is 7.11 Å². The summed E-state index contributed by atoms with van der Waals surface area (Å²) in [5.74, 6) is 1.31. The summed E-state index contributed by atoms with van der Waals surface area (Å²) in [6.07, 6.45) is -0.633. The number of alkyl carbamates (subject to hydrolysis) is 1. The molecule has 1 saturated heterocycles. The van der Waals surface area contributed by atoms with Gasteiger partial charge in [0.2, 0.25) is 0 Å². The maximum absolute atomic E-state index is 10.8. The predicted molar refractivity (Wildman–Crippen MR) is 57.9 cm³/mol. The van der Waals surface area contributed by atoms with Crippen LogP contribution in [0.4, 0.5) is 4.79 Å². The second-order valence-electron chi connectivity index (χ2n) is 3.37. The largest absolute Gasteiger partial charge is 1.00 e. The Balaban J connectivity index is 0.00000144. The summed E-state index contributed by atoms with van der Waals surface area (Å²) >= 11 is 0. The van der Waals surface area contributed by atoms with Crippen LogP contribution in [-0.2, 0) is 4.74 Å². The van der Waals surface area contributed by atoms with Crippen molar-refractivity contribution in [1.82, 2.24) is 5.32 Å². The Bertz CT molecular complexity index is 391. The topological polar surface area (TPSA) is 56.8 Å². The van der Waals surface area contributed by atoms with Crippen LogP contribution in [0.3, 0.4) is 0 Å². The summed E-state index contributed by atoms with van der Waals surface area (Å²) in [4.78, 5) is 10.8. The van der Waals surface area contributed by atoms with Crippen LogP contribution in [0.1, 0.15) is 1.43 Å². The maximum atomic E-state index is 10.8. The van der Waals surface area contributed by atoms with Crippen LogP contribution in [0, 0.1) is 0 Å². The molecule has 1 fully saturated rings. The van der Waals surface area contributed by atoms with E-state index >= 15 is 0 Å². The van der Waals surface area contributed by atoms with Gasteiger partial charge < -0.3 is 21.0 Å². The van der Waals surface area contributed by atoms with E-state index in [0.717, 1.165) is 0 Å². The predicted octanol–water partition coefficient (Wildman–Crippen LogP) is -1.70. The van der Waals surface area contributed by atoms with Gasteiger partial charge in [-0.1, -0.05) is 12.1 Å². The van der Waals surface area contributed by atoms with Gasteiger partial charge >= 0.3 is 25.0 Å². The summed E-state index contributed by atoms with van der Waals surface area (Å²) < 4.78 is 15.6. The summed E-state index contributed by atoms with van der Waals surface area (Å²) in [5, 5.41) is 2.56. The minimum atomic E-state index is -0.395. The van der Waals surface area contributed by atoms with Gasteiger partial charge in [-0.05, 0) is 12.1 Å². The monoisotopic (exact) mass is 231 g/mol. The molecule has 17 heavy (non-hydrogen) atoms. The van der Waals surface area contributed by atoms with Crippen molar-refractivity contribution in [2.24, 2.45) is 0 Å². The number of cyclic esters (lactones) is 1. The summed E-state index contributed by atoms with van der Waals surface area (Å²) in [6, 6.07) is 7.34. The Hall–Kier alpha value is -1.31. The van der Waals surface area contributed by atoms with Gasteiger partial charge in [0.1, 0.15) is 6.61 Å². The number of hydrogen-bond acceptors (Lipinski definition) is 4. The smallest absolute Gasteiger partial charge is 1.00 e. The molecule has 2 rings (SSSR count). The molecule has 1 aromatic carbocycles. The Morgan fingerprint density at radius 2 is 2.18 bits per heavy atom. The van der Waals surface area contributed by atoms with Crippen LogP contribution in [0.15, 0.2) is 24.3 Å². The first-order chi connectivity index (χ1) is 7.79. The first kappa shape index (κ1) is 13.8. The fraction of sp³-hybridized carbons (Fsp3) is 0.364. The standard InChI is InChI=1S/C11H13NO4.Li.H/c1-14-9-4-2-3-5-10(9)15-7-8-6-12-11(13)16-8;;/h2-5,8H,6-7H2,1H3,(H,12,13);;/q;+1;-1. The molecule has 5 nitrogen and oxygen atoms in total. The number of nitrogens with one attached hydrogen (secondary N) is 1. The van der Waals surface area contributed by atoms with Gasteiger partial charge in [-0.25, -0.2) is 4.79 Å². The van der Waals surface area contributed by atoms with E-state index in [4.69, 9.17) is 14.2 Å². The number of carbonyl (C=O) groups is 1. The quantitative estimate of drug-likeness (QED) is 0.627. The van der Waals surface area contributed by atoms with Gasteiger partial charge in [0.05, 0.1) is 13.7 Å². The molecule has 1 aliphatic heterocycles. The molecule has 1 N–H and O–H groups in total. The second kappa shape index (κ2) is 6.43. The number of rotatable bonds is 4. The minimum Gasteiger partial charge on any atom is -1.00 e. The van der Waals surface area contributed by atoms with Crippen molar-refractivity contribution in [3.63, 3.8) is 0 Å². The average Bonchev–Trinajstić information content (AvgIpc) is 2.73. The van der Waals surface area contributed by atoms with Crippen LogP contribution < -0.4 is 33.7 Å². The van der Waals surface area contributed by atoms with Crippen molar-refractivity contribution in [3.8, 4) is 11.5 Å². The third-order valence-electron chi connectivity index (χ3n) is 2.24. The molecule has 0 saturated carbocycles. The van der Waals surface area contributed by atoms with Crippen LogP contribution in [0.5, 0.6) is 11.5 Å². The molecule has 1 atom stereocenters. The zero-order valence-corrected chi connectivity index (χ0v) is 9.93. The SMILES string of the molecule is COc1ccccc1OCC1CNC(=O)O1.[H-].[Li+]. The third-order valence-corrected chi connectivity index (χ3v) is 2.24. The molecule has 1 aliphatic rings. The zero-order chi connectivity index (χ0) is 11.4. The normalized spacial score (nSPS) is 17.7. The average molecular weight is 231 g/mol. The molecular weight excluding hydrogens is 217 g/mol. The molecule has 1 unspecified atom stereocenters. The molecule has 0 aromatic heterocycles. The van der Waals surface area contributed by atoms with E-state index in [-0.39, 0.29) is 26.4 Å². The van der Waals surface area contributed by atoms with Crippen molar-refractivity contribution >= 4 is 6.09 Å². The van der Waals surface area contributed by atoms with E-state index < -0.39 is 6.09 Å². The van der Waals surface area contributed by atoms with Crippen molar-refractivity contribution in [3.05, 3.63) is 24.3 Å². The number of hydrogen-bond donors (Lipinski definition) is 1. The van der Waals surface area contributed by atoms with Gasteiger partial charge in [-0.3, -0.25) is 0 Å². The van der Waals surface area contributed by atoms with Crippen molar-refractivity contribution in [2.45, 2.75) is 6.10 Å². The Morgan fingerprint density at radius 1 is 1.47 bits per heavy atom. The zero-order valence-electron chi connectivity index (χ0n) is 10.9. The number of methoxy groups -OCH3 is 1. The molecule has 1 aromatic rings. The Morgan fingerprint density at radius 3 is 2.76 bits per heavy atom. The number of carbonyl (C=O) groups excluding carboxylic acids is 1. The number of amides is 1. The molecule has 0 radical (unpaired) electrons. The van der Waals surface area contributed by atoms with E-state index in [1.807, 2.05) is 24.3 Å². The number of ether oxygens (including phenoxy) is 3. The van der Waals surface area contributed by atoms with Crippen molar-refractivity contribution in [1.29, 1.82) is 0 Å². The van der Waals surface area contributed by atoms with Gasteiger partial charge in [0, 0.05) is 0 Å². The van der Waals surface area contributed by atoms with Gasteiger partial charge in [0.15, 0.2) is 17.6 Å². The van der Waals surface area contributed by atoms with Crippen LogP contribution in [-0.4, -0.2) is 32.5 Å². The van der Waals surface area contributed by atoms with Crippen LogP contribution >= 0.6 is 0 Å². The maximum Gasteiger partial charge on any atom is 1.00 e. The van der Waals surface area contributed by atoms with Gasteiger partial charge in [-0.2, -0.15) is 0 Å². The minimum absolute atomic E-state index is 0. The summed E-state index contributed by atoms with van der Waals surface area (Å²) in [6.45, 7) is 0.799. The number of para-hydroxylation sites is 2. The molecule has 1 heterocycles. The molecule has 0 bridgehead atoms. The molecule has 0 spiro atoms. The Labute approximate surface area is 113 Å². The molecule has 6 heteroatoms. The first-order valence-electron chi connectivity index (χ1n) is 5.00. The summed E-state index contributed by atoms with van der Waals surface area (Å²) in [7, 11) is 1.58. The van der Waals surface area contributed by atoms with Gasteiger partial charge in [0.25, 0.3) is 0 Å².